The molecule has 10 atom stereocenters. The number of imidazole rings is 4. The fraction of sp³-hybridized carbons (Fsp3) is 0.635. The van der Waals surface area contributed by atoms with E-state index in [2.05, 4.69) is 62.1 Å². The number of carbonyl (C=O) groups excluding carboxylic acids is 1. The number of Topliss-reactive ketones (excluding diaryl/α,β-unsaturated/α-hetero) is 1. The van der Waals surface area contributed by atoms with E-state index in [1.54, 1.807) is 21.8 Å². The Labute approximate surface area is 497 Å². The first-order valence-corrected chi connectivity index (χ1v) is 30.8. The molecular weight excluding hydrogens is 1150 g/mol. The van der Waals surface area contributed by atoms with Gasteiger partial charge in [-0.05, 0) is 74.1 Å². The van der Waals surface area contributed by atoms with Crippen LogP contribution in [0.1, 0.15) is 120 Å². The van der Waals surface area contributed by atoms with Crippen LogP contribution in [0.25, 0.3) is 22.3 Å². The first-order chi connectivity index (χ1) is 41.7. The van der Waals surface area contributed by atoms with Gasteiger partial charge in [-0.2, -0.15) is 37.9 Å². The van der Waals surface area contributed by atoms with Gasteiger partial charge in [0.15, 0.2) is 58.6 Å². The number of nitrogens with zero attached hydrogens (tertiary/aromatic N) is 20. The summed E-state index contributed by atoms with van der Waals surface area (Å²) in [4.78, 5) is 52.4. The van der Waals surface area contributed by atoms with Crippen molar-refractivity contribution < 1.29 is 47.7 Å². The molecule has 13 rings (SSSR count). The summed E-state index contributed by atoms with van der Waals surface area (Å²) in [6, 6.07) is -0.0247. The highest BCUT2D eigenvalue weighted by Crippen LogP contribution is 2.64. The van der Waals surface area contributed by atoms with E-state index in [9.17, 15) is 33.6 Å². The predicted octanol–water partition coefficient (Wildman–Crippen LogP) is 0.844. The topological polar surface area (TPSA) is 429 Å². The first-order valence-electron chi connectivity index (χ1n) is 29.2. The number of ketones is 1. The average molecular weight is 1230 g/mol. The van der Waals surface area contributed by atoms with Crippen LogP contribution in [0.2, 0.25) is 0 Å². The molecular formula is C52H72N24O10S. The Morgan fingerprint density at radius 1 is 0.644 bits per heavy atom. The van der Waals surface area contributed by atoms with Crippen molar-refractivity contribution in [1.82, 2.24) is 98.6 Å². The molecule has 466 valence electrons. The lowest BCUT2D eigenvalue weighted by Crippen LogP contribution is -2.42. The fourth-order valence-corrected chi connectivity index (χ4v) is 14.1. The Balaban J connectivity index is 0.000000429. The van der Waals surface area contributed by atoms with Gasteiger partial charge >= 0.3 is 0 Å². The van der Waals surface area contributed by atoms with E-state index < -0.39 is 70.4 Å². The standard InChI is InChI=1S/C42H56N24O6.C10H16O4S/c1-5-65-57-35(55-59-65)31-27(67)29(69)39(71-31)63-19-47-25-33(51-41(53-37(25)63)43-13-11-23-15-61(3)17-45-23)49-21-7-9-22(10-8-21)50-34-26-38(54-42(52-34)44-14-12-24-16-62(4)18-46-24)64(20-48-26)40-30(70)28(68)32(72-40)36-56-60-66(6-2)58-36;1-9(2)7-3-4-10(9,8(11)5-7)6-15(12,13)14/h15-22,27-32,39-40,67-70H,5-14H2,1-4H3,(H2,43,49,51,53)(H2,44,50,52,54);7H,3-6H2,1-2H3,(H,12,13,14)/t21?,22?,27-,28-,29+,30+,31-,32-,39+,40+;7-,10-/m01/s1. The van der Waals surface area contributed by atoms with Gasteiger partial charge in [0.2, 0.25) is 23.5 Å². The van der Waals surface area contributed by atoms with Gasteiger partial charge in [-0.15, -0.1) is 20.4 Å². The second kappa shape index (κ2) is 23.7. The normalized spacial score (nSPS) is 27.8. The molecule has 0 radical (unpaired) electrons. The summed E-state index contributed by atoms with van der Waals surface area (Å²) in [6.45, 7) is 9.54. The number of ether oxygens (including phenoxy) is 2. The maximum Gasteiger partial charge on any atom is 0.265 e. The summed E-state index contributed by atoms with van der Waals surface area (Å²) in [5.41, 5.74) is 2.35. The number of tetrazole rings is 2. The Morgan fingerprint density at radius 3 is 1.47 bits per heavy atom. The van der Waals surface area contributed by atoms with E-state index in [4.69, 9.17) is 43.9 Å². The van der Waals surface area contributed by atoms with Crippen LogP contribution in [0.4, 0.5) is 23.5 Å². The highest BCUT2D eigenvalue weighted by atomic mass is 32.2. The third-order valence-electron chi connectivity index (χ3n) is 17.7. The van der Waals surface area contributed by atoms with E-state index in [0.29, 0.717) is 97.7 Å². The lowest BCUT2D eigenvalue weighted by molar-refractivity contribution is -0.128. The largest absolute Gasteiger partial charge is 0.387 e. The summed E-state index contributed by atoms with van der Waals surface area (Å²) < 4.78 is 50.4. The molecule has 10 heterocycles. The monoisotopic (exact) mass is 1220 g/mol. The molecule has 2 bridgehead atoms. The van der Waals surface area contributed by atoms with Gasteiger partial charge in [-0.3, -0.25) is 18.5 Å². The highest BCUT2D eigenvalue weighted by Gasteiger charge is 2.65. The van der Waals surface area contributed by atoms with E-state index in [-0.39, 0.29) is 40.8 Å². The first kappa shape index (κ1) is 59.5. The van der Waals surface area contributed by atoms with Gasteiger partial charge in [0.25, 0.3) is 10.1 Å². The zero-order valence-corrected chi connectivity index (χ0v) is 49.7. The number of hydrogen-bond acceptors (Lipinski definition) is 27. The molecule has 3 saturated carbocycles. The second-order valence-electron chi connectivity index (χ2n) is 23.6. The number of rotatable bonds is 20. The number of aliphatic hydroxyl groups is 4. The lowest BCUT2D eigenvalue weighted by atomic mass is 9.70. The van der Waals surface area contributed by atoms with Crippen molar-refractivity contribution in [2.24, 2.45) is 30.8 Å². The number of fused-ring (bicyclic) bond motifs is 4. The minimum Gasteiger partial charge on any atom is -0.387 e. The van der Waals surface area contributed by atoms with Gasteiger partial charge in [0.1, 0.15) is 30.2 Å². The van der Waals surface area contributed by atoms with Crippen LogP contribution in [0.5, 0.6) is 0 Å². The summed E-state index contributed by atoms with van der Waals surface area (Å²) in [7, 11) is -0.241. The number of anilines is 4. The maximum atomic E-state index is 11.9. The molecule has 5 aliphatic rings. The van der Waals surface area contributed by atoms with E-state index >= 15 is 0 Å². The molecule has 2 saturated heterocycles. The quantitative estimate of drug-likeness (QED) is 0.0477. The van der Waals surface area contributed by atoms with Crippen molar-refractivity contribution in [3.63, 3.8) is 0 Å². The van der Waals surface area contributed by atoms with Crippen LogP contribution in [0.15, 0.2) is 37.7 Å². The summed E-state index contributed by atoms with van der Waals surface area (Å²) in [5.74, 6) is 1.85. The number of aryl methyl sites for hydroxylation is 4. The zero-order chi connectivity index (χ0) is 61.1. The van der Waals surface area contributed by atoms with Crippen molar-refractivity contribution >= 4 is 61.8 Å². The molecule has 35 heteroatoms. The Kier molecular flexibility index (Phi) is 16.2. The number of hydrogen-bond donors (Lipinski definition) is 9. The zero-order valence-electron chi connectivity index (χ0n) is 48.8. The average Bonchev–Trinajstić information content (AvgIpc) is 1.58. The summed E-state index contributed by atoms with van der Waals surface area (Å²) >= 11 is 0. The van der Waals surface area contributed by atoms with Crippen molar-refractivity contribution in [3.8, 4) is 0 Å². The molecule has 3 aliphatic carbocycles. The molecule has 8 aromatic heterocycles. The minimum absolute atomic E-state index is 0.0123. The van der Waals surface area contributed by atoms with Crippen LogP contribution in [-0.2, 0) is 64.4 Å². The van der Waals surface area contributed by atoms with E-state index in [0.717, 1.165) is 43.5 Å². The number of carbonyl (C=O) groups is 1. The van der Waals surface area contributed by atoms with Gasteiger partial charge in [0, 0.05) is 70.9 Å². The number of aliphatic hydroxyl groups excluding tert-OH is 4. The minimum atomic E-state index is -4.08. The van der Waals surface area contributed by atoms with Crippen LogP contribution >= 0.6 is 0 Å². The molecule has 0 amide bonds. The SMILES string of the molecule is CC1(C)[C@@H]2CC[C@@]1(CS(=O)(=O)O)C(=O)C2.CCn1nnc([C@H]2O[C@@H](n3cnc4c(NC5CCC(Nc6nc(NCCc7cn(C)cn7)nc7c6ncn7[C@@H]6O[C@H](c7nnn(CC)n7)[C@@H](O)[C@H]6O)CC5)nc(NCCc5cn(C)cn5)nc43)[C@H](O)[C@@H]2O)n1. The van der Waals surface area contributed by atoms with Crippen molar-refractivity contribution in [2.75, 3.05) is 40.1 Å². The van der Waals surface area contributed by atoms with Crippen molar-refractivity contribution in [1.29, 1.82) is 0 Å². The van der Waals surface area contributed by atoms with Crippen molar-refractivity contribution in [2.45, 2.75) is 160 Å². The lowest BCUT2D eigenvalue weighted by Gasteiger charge is -2.35. The van der Waals surface area contributed by atoms with Gasteiger partial charge in [-0.25, -0.2) is 19.9 Å². The molecule has 34 nitrogen and oxygen atoms in total. The molecule has 5 fully saturated rings. The molecule has 0 unspecified atom stereocenters. The molecule has 8 aromatic rings. The van der Waals surface area contributed by atoms with Crippen molar-refractivity contribution in [3.05, 3.63) is 60.7 Å². The number of nitrogens with one attached hydrogen (secondary N) is 4. The molecule has 0 aromatic carbocycles. The molecule has 9 N–H and O–H groups in total. The molecule has 0 spiro atoms. The maximum absolute atomic E-state index is 11.9. The van der Waals surface area contributed by atoms with Gasteiger partial charge in [-0.1, -0.05) is 13.8 Å². The van der Waals surface area contributed by atoms with Crippen LogP contribution in [-0.4, -0.2) is 193 Å². The smallest absolute Gasteiger partial charge is 0.265 e. The van der Waals surface area contributed by atoms with Crippen LogP contribution in [0.3, 0.4) is 0 Å². The summed E-state index contributed by atoms with van der Waals surface area (Å²) in [6.07, 6.45) is 6.99. The van der Waals surface area contributed by atoms with Crippen LogP contribution in [0, 0.1) is 16.7 Å². The van der Waals surface area contributed by atoms with E-state index in [1.807, 2.05) is 63.3 Å². The second-order valence-corrected chi connectivity index (χ2v) is 25.1. The Bertz CT molecular complexity index is 3670. The third-order valence-corrected chi connectivity index (χ3v) is 18.6. The number of aromatic nitrogens is 20. The van der Waals surface area contributed by atoms with E-state index in [1.165, 1.54) is 22.2 Å². The fourth-order valence-electron chi connectivity index (χ4n) is 12.8. The molecule has 2 aliphatic heterocycles. The third kappa shape index (κ3) is 11.7. The van der Waals surface area contributed by atoms with Gasteiger partial charge < -0.3 is 60.3 Å². The predicted molar refractivity (Wildman–Crippen MR) is 306 cm³/mol. The van der Waals surface area contributed by atoms with Gasteiger partial charge in [0.05, 0.1) is 61.0 Å². The Hall–Kier alpha value is -7.80. The van der Waals surface area contributed by atoms with Crippen LogP contribution < -0.4 is 21.3 Å². The Morgan fingerprint density at radius 2 is 1.10 bits per heavy atom. The summed E-state index contributed by atoms with van der Waals surface area (Å²) in [5, 5.41) is 83.5. The molecule has 87 heavy (non-hydrogen) atoms. The highest BCUT2D eigenvalue weighted by molar-refractivity contribution is 7.85.